The van der Waals surface area contributed by atoms with E-state index in [0.717, 1.165) is 22.3 Å². The largest absolute Gasteiger partial charge is 0.481 e. The second-order valence-corrected chi connectivity index (χ2v) is 6.00. The lowest BCUT2D eigenvalue weighted by molar-refractivity contribution is -0.137. The van der Waals surface area contributed by atoms with Crippen LogP contribution in [0.1, 0.15) is 23.5 Å². The molecule has 138 valence electrons. The Morgan fingerprint density at radius 2 is 1.62 bits per heavy atom. The standard InChI is InChI=1S/C19H20N2O4.ClH/c20-10-12(9-18(22)23)21-19(24)25-11-17-15-7-3-1-5-13(15)14-6-2-4-8-16(14)17;/h1-8,12,17H,9-11,20H2,(H,21,24)(H,22,23);1H. The minimum atomic E-state index is -1.02. The fraction of sp³-hybridized carbons (Fsp3) is 0.263. The number of hydrogen-bond acceptors (Lipinski definition) is 4. The van der Waals surface area contributed by atoms with Gasteiger partial charge in [-0.15, -0.1) is 12.4 Å². The number of fused-ring (bicyclic) bond motifs is 3. The molecule has 1 atom stereocenters. The minimum absolute atomic E-state index is 0. The van der Waals surface area contributed by atoms with Gasteiger partial charge in [0, 0.05) is 12.5 Å². The summed E-state index contributed by atoms with van der Waals surface area (Å²) in [6.07, 6.45) is -0.890. The molecule has 4 N–H and O–H groups in total. The molecule has 0 radical (unpaired) electrons. The summed E-state index contributed by atoms with van der Waals surface area (Å²) in [5.74, 6) is -1.05. The van der Waals surface area contributed by atoms with E-state index in [4.69, 9.17) is 15.6 Å². The molecule has 0 spiro atoms. The minimum Gasteiger partial charge on any atom is -0.481 e. The summed E-state index contributed by atoms with van der Waals surface area (Å²) in [4.78, 5) is 22.7. The Bertz CT molecular complexity index is 751. The van der Waals surface area contributed by atoms with Gasteiger partial charge in [-0.05, 0) is 22.3 Å². The molecule has 1 unspecified atom stereocenters. The smallest absolute Gasteiger partial charge is 0.407 e. The summed E-state index contributed by atoms with van der Waals surface area (Å²) in [7, 11) is 0. The van der Waals surface area contributed by atoms with Crippen LogP contribution in [0.4, 0.5) is 4.79 Å². The zero-order valence-corrected chi connectivity index (χ0v) is 14.9. The molecule has 0 aromatic heterocycles. The molecule has 0 heterocycles. The number of carboxylic acids is 1. The second-order valence-electron chi connectivity index (χ2n) is 6.00. The van der Waals surface area contributed by atoms with Gasteiger partial charge < -0.3 is 20.9 Å². The van der Waals surface area contributed by atoms with Gasteiger partial charge in [0.25, 0.3) is 0 Å². The highest BCUT2D eigenvalue weighted by molar-refractivity contribution is 5.85. The van der Waals surface area contributed by atoms with Crippen LogP contribution in [0.3, 0.4) is 0 Å². The number of amides is 1. The Balaban J connectivity index is 0.00000243. The maximum atomic E-state index is 12.0. The van der Waals surface area contributed by atoms with Gasteiger partial charge in [-0.1, -0.05) is 48.5 Å². The molecule has 3 rings (SSSR count). The number of hydrogen-bond donors (Lipinski definition) is 3. The molecule has 26 heavy (non-hydrogen) atoms. The number of carbonyl (C=O) groups is 2. The highest BCUT2D eigenvalue weighted by Crippen LogP contribution is 2.44. The number of ether oxygens (including phenoxy) is 1. The Hall–Kier alpha value is -2.57. The van der Waals surface area contributed by atoms with E-state index in [0.29, 0.717) is 0 Å². The first-order valence-corrected chi connectivity index (χ1v) is 8.13. The highest BCUT2D eigenvalue weighted by Gasteiger charge is 2.29. The zero-order chi connectivity index (χ0) is 17.8. The van der Waals surface area contributed by atoms with Crippen LogP contribution in [0.25, 0.3) is 11.1 Å². The normalized spacial score (nSPS) is 13.1. The predicted molar refractivity (Wildman–Crippen MR) is 101 cm³/mol. The summed E-state index contributed by atoms with van der Waals surface area (Å²) < 4.78 is 5.36. The van der Waals surface area contributed by atoms with Crippen LogP contribution in [0.5, 0.6) is 0 Å². The van der Waals surface area contributed by atoms with Crippen molar-refractivity contribution in [2.75, 3.05) is 13.2 Å². The molecule has 2 aromatic carbocycles. The molecule has 0 bridgehead atoms. The van der Waals surface area contributed by atoms with Gasteiger partial charge in [-0.2, -0.15) is 0 Å². The predicted octanol–water partition coefficient (Wildman–Crippen LogP) is 2.75. The quantitative estimate of drug-likeness (QED) is 0.719. The van der Waals surface area contributed by atoms with Crippen LogP contribution in [-0.2, 0) is 9.53 Å². The van der Waals surface area contributed by atoms with Gasteiger partial charge in [0.2, 0.25) is 0 Å². The number of rotatable bonds is 6. The van der Waals surface area contributed by atoms with Crippen LogP contribution >= 0.6 is 12.4 Å². The van der Waals surface area contributed by atoms with E-state index in [1.807, 2.05) is 36.4 Å². The van der Waals surface area contributed by atoms with E-state index >= 15 is 0 Å². The lowest BCUT2D eigenvalue weighted by Crippen LogP contribution is -2.42. The molecule has 2 aromatic rings. The van der Waals surface area contributed by atoms with Gasteiger partial charge in [-0.3, -0.25) is 4.79 Å². The summed E-state index contributed by atoms with van der Waals surface area (Å²) in [5.41, 5.74) is 10.0. The third-order valence-corrected chi connectivity index (χ3v) is 4.37. The first-order chi connectivity index (χ1) is 12.1. The lowest BCUT2D eigenvalue weighted by Gasteiger charge is -2.17. The molecule has 0 saturated carbocycles. The Labute approximate surface area is 157 Å². The van der Waals surface area contributed by atoms with E-state index in [-0.39, 0.29) is 37.9 Å². The van der Waals surface area contributed by atoms with E-state index in [1.165, 1.54) is 0 Å². The van der Waals surface area contributed by atoms with Crippen LogP contribution in [-0.4, -0.2) is 36.4 Å². The number of nitrogens with two attached hydrogens (primary N) is 1. The molecule has 1 amide bonds. The zero-order valence-electron chi connectivity index (χ0n) is 14.1. The van der Waals surface area contributed by atoms with E-state index in [2.05, 4.69) is 17.4 Å². The monoisotopic (exact) mass is 376 g/mol. The molecule has 1 aliphatic rings. The molecule has 0 saturated heterocycles. The van der Waals surface area contributed by atoms with E-state index in [1.54, 1.807) is 0 Å². The van der Waals surface area contributed by atoms with Crippen molar-refractivity contribution in [1.29, 1.82) is 0 Å². The van der Waals surface area contributed by atoms with Crippen molar-refractivity contribution in [1.82, 2.24) is 5.32 Å². The van der Waals surface area contributed by atoms with Crippen LogP contribution < -0.4 is 11.1 Å². The first-order valence-electron chi connectivity index (χ1n) is 8.13. The summed E-state index contributed by atoms with van der Waals surface area (Å²) in [5, 5.41) is 11.3. The topological polar surface area (TPSA) is 102 Å². The molecule has 7 heteroatoms. The van der Waals surface area contributed by atoms with Crippen LogP contribution in [0.15, 0.2) is 48.5 Å². The number of alkyl carbamates (subject to hydrolysis) is 1. The summed E-state index contributed by atoms with van der Waals surface area (Å²) >= 11 is 0. The summed E-state index contributed by atoms with van der Waals surface area (Å²) in [6, 6.07) is 15.5. The molecular weight excluding hydrogens is 356 g/mol. The number of carbonyl (C=O) groups excluding carboxylic acids is 1. The molecule has 6 nitrogen and oxygen atoms in total. The molecule has 1 aliphatic carbocycles. The third-order valence-electron chi connectivity index (χ3n) is 4.37. The number of halogens is 1. The van der Waals surface area contributed by atoms with Gasteiger partial charge in [0.05, 0.1) is 12.5 Å². The Morgan fingerprint density at radius 3 is 2.12 bits per heavy atom. The van der Waals surface area contributed by atoms with Crippen molar-refractivity contribution in [2.24, 2.45) is 5.73 Å². The van der Waals surface area contributed by atoms with Crippen LogP contribution in [0.2, 0.25) is 0 Å². The fourth-order valence-electron chi connectivity index (χ4n) is 3.21. The van der Waals surface area contributed by atoms with E-state index < -0.39 is 18.1 Å². The Morgan fingerprint density at radius 1 is 1.08 bits per heavy atom. The second kappa shape index (κ2) is 8.69. The fourth-order valence-corrected chi connectivity index (χ4v) is 3.21. The van der Waals surface area contributed by atoms with Crippen molar-refractivity contribution in [3.05, 3.63) is 59.7 Å². The van der Waals surface area contributed by atoms with E-state index in [9.17, 15) is 9.59 Å². The average Bonchev–Trinajstić information content (AvgIpc) is 2.93. The number of nitrogens with one attached hydrogen (secondary N) is 1. The van der Waals surface area contributed by atoms with Crippen molar-refractivity contribution >= 4 is 24.5 Å². The van der Waals surface area contributed by atoms with Crippen molar-refractivity contribution in [3.63, 3.8) is 0 Å². The van der Waals surface area contributed by atoms with Crippen molar-refractivity contribution < 1.29 is 19.4 Å². The van der Waals surface area contributed by atoms with Gasteiger partial charge in [0.15, 0.2) is 0 Å². The highest BCUT2D eigenvalue weighted by atomic mass is 35.5. The SMILES string of the molecule is Cl.NCC(CC(=O)O)NC(=O)OCC1c2ccccc2-c2ccccc21. The maximum absolute atomic E-state index is 12.0. The number of aliphatic carboxylic acids is 1. The van der Waals surface area contributed by atoms with Crippen LogP contribution in [0, 0.1) is 0 Å². The third kappa shape index (κ3) is 4.15. The lowest BCUT2D eigenvalue weighted by atomic mass is 9.98. The van der Waals surface area contributed by atoms with Gasteiger partial charge >= 0.3 is 12.1 Å². The van der Waals surface area contributed by atoms with Crippen molar-refractivity contribution in [2.45, 2.75) is 18.4 Å². The average molecular weight is 377 g/mol. The molecule has 0 aliphatic heterocycles. The molecule has 0 fully saturated rings. The Kier molecular flexibility index (Phi) is 6.60. The van der Waals surface area contributed by atoms with Gasteiger partial charge in [0.1, 0.15) is 6.61 Å². The van der Waals surface area contributed by atoms with Gasteiger partial charge in [-0.25, -0.2) is 4.79 Å². The summed E-state index contributed by atoms with van der Waals surface area (Å²) in [6.45, 7) is 0.223. The number of carboxylic acid groups (broad SMARTS) is 1. The first kappa shape index (κ1) is 19.8. The number of benzene rings is 2. The molecular formula is C19H21ClN2O4. The van der Waals surface area contributed by atoms with Crippen molar-refractivity contribution in [3.8, 4) is 11.1 Å². The maximum Gasteiger partial charge on any atom is 0.407 e.